The molecule has 4 aliphatic rings. The molecule has 4 nitrogen and oxygen atoms in total. The second-order valence-electron chi connectivity index (χ2n) is 6.36. The molecule has 2 saturated heterocycles. The standard InChI is InChI=1S/C14H21NO3/c16-13(12-8-10-7-11(10)9-12)15-3-1-14(2-4-15)17-5-6-18-14/h10-12H,1-9H2. The lowest BCUT2D eigenvalue weighted by Crippen LogP contribution is -2.48. The molecule has 0 radical (unpaired) electrons. The van der Waals surface area contributed by atoms with Crippen LogP contribution in [0.1, 0.15) is 32.1 Å². The Bertz CT molecular complexity index is 344. The molecule has 2 unspecified atom stereocenters. The first-order valence-electron chi connectivity index (χ1n) is 7.32. The van der Waals surface area contributed by atoms with Crippen LogP contribution in [0.2, 0.25) is 0 Å². The van der Waals surface area contributed by atoms with Crippen LogP contribution in [-0.2, 0) is 14.3 Å². The van der Waals surface area contributed by atoms with Crippen molar-refractivity contribution in [3.05, 3.63) is 0 Å². The average molecular weight is 251 g/mol. The highest BCUT2D eigenvalue weighted by Crippen LogP contribution is 2.54. The molecule has 0 N–H and O–H groups in total. The van der Waals surface area contributed by atoms with Gasteiger partial charge >= 0.3 is 0 Å². The van der Waals surface area contributed by atoms with E-state index in [2.05, 4.69) is 0 Å². The van der Waals surface area contributed by atoms with Gasteiger partial charge in [0.1, 0.15) is 0 Å². The van der Waals surface area contributed by atoms with Crippen LogP contribution in [0.4, 0.5) is 0 Å². The van der Waals surface area contributed by atoms with Crippen molar-refractivity contribution in [2.45, 2.75) is 37.9 Å². The van der Waals surface area contributed by atoms with Crippen molar-refractivity contribution in [2.75, 3.05) is 26.3 Å². The molecule has 0 aromatic heterocycles. The minimum atomic E-state index is -0.353. The van der Waals surface area contributed by atoms with E-state index in [0.29, 0.717) is 25.0 Å². The molecular weight excluding hydrogens is 230 g/mol. The summed E-state index contributed by atoms with van der Waals surface area (Å²) in [6.07, 6.45) is 5.38. The highest BCUT2D eigenvalue weighted by Gasteiger charge is 2.49. The molecule has 2 aliphatic heterocycles. The van der Waals surface area contributed by atoms with Gasteiger partial charge in [-0.25, -0.2) is 0 Å². The first kappa shape index (κ1) is 11.2. The number of fused-ring (bicyclic) bond motifs is 1. The van der Waals surface area contributed by atoms with Gasteiger partial charge < -0.3 is 14.4 Å². The van der Waals surface area contributed by atoms with Gasteiger partial charge in [0.2, 0.25) is 5.91 Å². The topological polar surface area (TPSA) is 38.8 Å². The second-order valence-corrected chi connectivity index (χ2v) is 6.36. The fourth-order valence-electron chi connectivity index (χ4n) is 4.03. The molecule has 2 aliphatic carbocycles. The van der Waals surface area contributed by atoms with Crippen LogP contribution in [0.3, 0.4) is 0 Å². The summed E-state index contributed by atoms with van der Waals surface area (Å²) in [6, 6.07) is 0. The molecule has 2 atom stereocenters. The average Bonchev–Trinajstić information content (AvgIpc) is 2.81. The number of carbonyl (C=O) groups excluding carboxylic acids is 1. The summed E-state index contributed by atoms with van der Waals surface area (Å²) in [5, 5.41) is 0. The predicted molar refractivity (Wildman–Crippen MR) is 64.8 cm³/mol. The molecule has 4 heteroatoms. The SMILES string of the molecule is O=C(C1CC2CC2C1)N1CCC2(CC1)OCCO2. The van der Waals surface area contributed by atoms with Gasteiger partial charge in [-0.3, -0.25) is 4.79 Å². The van der Waals surface area contributed by atoms with Crippen molar-refractivity contribution in [3.8, 4) is 0 Å². The van der Waals surface area contributed by atoms with Gasteiger partial charge in [0.25, 0.3) is 0 Å². The number of nitrogens with zero attached hydrogens (tertiary/aromatic N) is 1. The number of piperidine rings is 1. The Morgan fingerprint density at radius 3 is 2.22 bits per heavy atom. The van der Waals surface area contributed by atoms with Crippen LogP contribution in [0.5, 0.6) is 0 Å². The maximum Gasteiger partial charge on any atom is 0.225 e. The van der Waals surface area contributed by atoms with Crippen LogP contribution >= 0.6 is 0 Å². The molecule has 4 rings (SSSR count). The van der Waals surface area contributed by atoms with Crippen molar-refractivity contribution >= 4 is 5.91 Å². The third kappa shape index (κ3) is 1.77. The maximum absolute atomic E-state index is 12.4. The van der Waals surface area contributed by atoms with E-state index in [0.717, 1.165) is 50.6 Å². The van der Waals surface area contributed by atoms with Crippen molar-refractivity contribution in [1.82, 2.24) is 4.90 Å². The summed E-state index contributed by atoms with van der Waals surface area (Å²) in [4.78, 5) is 14.5. The Morgan fingerprint density at radius 2 is 1.61 bits per heavy atom. The lowest BCUT2D eigenvalue weighted by molar-refractivity contribution is -0.188. The fraction of sp³-hybridized carbons (Fsp3) is 0.929. The highest BCUT2D eigenvalue weighted by atomic mass is 16.7. The van der Waals surface area contributed by atoms with E-state index in [1.165, 1.54) is 6.42 Å². The third-order valence-corrected chi connectivity index (χ3v) is 5.24. The van der Waals surface area contributed by atoms with Crippen molar-refractivity contribution in [3.63, 3.8) is 0 Å². The summed E-state index contributed by atoms with van der Waals surface area (Å²) in [7, 11) is 0. The summed E-state index contributed by atoms with van der Waals surface area (Å²) >= 11 is 0. The number of rotatable bonds is 1. The van der Waals surface area contributed by atoms with Crippen LogP contribution < -0.4 is 0 Å². The molecule has 18 heavy (non-hydrogen) atoms. The first-order valence-corrected chi connectivity index (χ1v) is 7.32. The summed E-state index contributed by atoms with van der Waals surface area (Å²) in [5.74, 6) is 2.14. The van der Waals surface area contributed by atoms with E-state index in [4.69, 9.17) is 9.47 Å². The van der Waals surface area contributed by atoms with Crippen molar-refractivity contribution < 1.29 is 14.3 Å². The largest absolute Gasteiger partial charge is 0.347 e. The Balaban J connectivity index is 1.34. The van der Waals surface area contributed by atoms with Crippen LogP contribution in [0.25, 0.3) is 0 Å². The molecule has 0 bridgehead atoms. The van der Waals surface area contributed by atoms with Crippen molar-refractivity contribution in [2.24, 2.45) is 17.8 Å². The normalized spacial score (nSPS) is 41.1. The summed E-state index contributed by atoms with van der Waals surface area (Å²) < 4.78 is 11.4. The summed E-state index contributed by atoms with van der Waals surface area (Å²) in [5.41, 5.74) is 0. The number of carbonyl (C=O) groups is 1. The van der Waals surface area contributed by atoms with Gasteiger partial charge in [-0.15, -0.1) is 0 Å². The Kier molecular flexibility index (Phi) is 2.46. The molecule has 0 aromatic rings. The van der Waals surface area contributed by atoms with Gasteiger partial charge in [-0.2, -0.15) is 0 Å². The van der Waals surface area contributed by atoms with E-state index >= 15 is 0 Å². The van der Waals surface area contributed by atoms with Crippen LogP contribution in [0.15, 0.2) is 0 Å². The van der Waals surface area contributed by atoms with E-state index in [-0.39, 0.29) is 5.79 Å². The molecule has 100 valence electrons. The lowest BCUT2D eigenvalue weighted by Gasteiger charge is -2.38. The Labute approximate surface area is 108 Å². The number of hydrogen-bond donors (Lipinski definition) is 0. The minimum absolute atomic E-state index is 0.327. The second kappa shape index (κ2) is 3.94. The zero-order valence-corrected chi connectivity index (χ0v) is 10.8. The molecule has 2 heterocycles. The van der Waals surface area contributed by atoms with E-state index in [9.17, 15) is 4.79 Å². The fourth-order valence-corrected chi connectivity index (χ4v) is 4.03. The Morgan fingerprint density at radius 1 is 1.00 bits per heavy atom. The molecule has 4 fully saturated rings. The first-order chi connectivity index (χ1) is 8.76. The van der Waals surface area contributed by atoms with Crippen LogP contribution in [0, 0.1) is 17.8 Å². The summed E-state index contributed by atoms with van der Waals surface area (Å²) in [6.45, 7) is 3.04. The number of likely N-dealkylation sites (tertiary alicyclic amines) is 1. The van der Waals surface area contributed by atoms with Crippen molar-refractivity contribution in [1.29, 1.82) is 0 Å². The molecule has 0 aromatic carbocycles. The number of amides is 1. The van der Waals surface area contributed by atoms with E-state index in [1.807, 2.05) is 4.90 Å². The van der Waals surface area contributed by atoms with E-state index in [1.54, 1.807) is 0 Å². The quantitative estimate of drug-likeness (QED) is 0.707. The Hall–Kier alpha value is -0.610. The van der Waals surface area contributed by atoms with E-state index < -0.39 is 0 Å². The van der Waals surface area contributed by atoms with Gasteiger partial charge in [0.15, 0.2) is 5.79 Å². The smallest absolute Gasteiger partial charge is 0.225 e. The molecular formula is C14H21NO3. The molecule has 1 amide bonds. The third-order valence-electron chi connectivity index (χ3n) is 5.24. The van der Waals surface area contributed by atoms with Gasteiger partial charge in [0.05, 0.1) is 13.2 Å². The predicted octanol–water partition coefficient (Wildman–Crippen LogP) is 1.40. The number of hydrogen-bond acceptors (Lipinski definition) is 3. The number of ether oxygens (including phenoxy) is 2. The zero-order valence-electron chi connectivity index (χ0n) is 10.8. The monoisotopic (exact) mass is 251 g/mol. The zero-order chi connectivity index (χ0) is 12.2. The molecule has 2 saturated carbocycles. The minimum Gasteiger partial charge on any atom is -0.347 e. The molecule has 1 spiro atoms. The van der Waals surface area contributed by atoms with Gasteiger partial charge in [-0.1, -0.05) is 0 Å². The maximum atomic E-state index is 12.4. The highest BCUT2D eigenvalue weighted by molar-refractivity contribution is 5.79. The van der Waals surface area contributed by atoms with Crippen LogP contribution in [-0.4, -0.2) is 42.9 Å². The van der Waals surface area contributed by atoms with Gasteiger partial charge in [-0.05, 0) is 31.1 Å². The van der Waals surface area contributed by atoms with Gasteiger partial charge in [0, 0.05) is 31.8 Å². The lowest BCUT2D eigenvalue weighted by atomic mass is 9.98.